The molecule has 1 heterocycles. The number of amides is 1. The Morgan fingerprint density at radius 2 is 1.86 bits per heavy atom. The Labute approximate surface area is 129 Å². The average molecular weight is 298 g/mol. The molecule has 114 valence electrons. The van der Waals surface area contributed by atoms with E-state index in [4.69, 9.17) is 15.2 Å². The maximum atomic E-state index is 12.6. The summed E-state index contributed by atoms with van der Waals surface area (Å²) in [5.74, 6) is 1.23. The lowest BCUT2D eigenvalue weighted by molar-refractivity contribution is 0.0996. The molecule has 3 rings (SSSR count). The molecule has 0 saturated heterocycles. The third-order valence-corrected chi connectivity index (χ3v) is 3.89. The standard InChI is InChI=1S/C17H18N2O3/c1-21-15-6-5-13(8-16(15)22-2)19-10-12-4-3-11(9-18)7-14(12)17(19)20/h3-8H,9-10,18H2,1-2H3. The largest absolute Gasteiger partial charge is 0.493 e. The van der Waals surface area contributed by atoms with Crippen molar-refractivity contribution < 1.29 is 14.3 Å². The van der Waals surface area contributed by atoms with Crippen LogP contribution in [0, 0.1) is 0 Å². The van der Waals surface area contributed by atoms with Gasteiger partial charge in [0, 0.05) is 23.9 Å². The van der Waals surface area contributed by atoms with Crippen molar-refractivity contribution in [1.29, 1.82) is 0 Å². The van der Waals surface area contributed by atoms with Crippen LogP contribution in [0.3, 0.4) is 0 Å². The molecular weight excluding hydrogens is 280 g/mol. The molecular formula is C17H18N2O3. The van der Waals surface area contributed by atoms with Gasteiger partial charge in [-0.1, -0.05) is 12.1 Å². The first kappa shape index (κ1) is 14.4. The Hall–Kier alpha value is -2.53. The molecule has 0 radical (unpaired) electrons. The highest BCUT2D eigenvalue weighted by Gasteiger charge is 2.29. The minimum absolute atomic E-state index is 0.0162. The van der Waals surface area contributed by atoms with Crippen molar-refractivity contribution in [2.24, 2.45) is 5.73 Å². The molecule has 1 aliphatic heterocycles. The second kappa shape index (κ2) is 5.69. The summed E-state index contributed by atoms with van der Waals surface area (Å²) in [6, 6.07) is 11.3. The van der Waals surface area contributed by atoms with Crippen LogP contribution >= 0.6 is 0 Å². The fourth-order valence-electron chi connectivity index (χ4n) is 2.68. The van der Waals surface area contributed by atoms with Gasteiger partial charge in [0.1, 0.15) is 0 Å². The first-order valence-electron chi connectivity index (χ1n) is 7.03. The zero-order valence-corrected chi connectivity index (χ0v) is 12.6. The number of carbonyl (C=O) groups is 1. The van der Waals surface area contributed by atoms with Crippen LogP contribution in [0.2, 0.25) is 0 Å². The number of rotatable bonds is 4. The molecule has 1 amide bonds. The molecule has 1 aliphatic rings. The molecule has 0 aliphatic carbocycles. The first-order valence-corrected chi connectivity index (χ1v) is 7.03. The van der Waals surface area contributed by atoms with Crippen LogP contribution in [0.5, 0.6) is 11.5 Å². The number of hydrogen-bond acceptors (Lipinski definition) is 4. The maximum Gasteiger partial charge on any atom is 0.258 e. The predicted molar refractivity (Wildman–Crippen MR) is 84.4 cm³/mol. The van der Waals surface area contributed by atoms with Gasteiger partial charge in [0.25, 0.3) is 5.91 Å². The predicted octanol–water partition coefficient (Wildman–Crippen LogP) is 2.32. The Balaban J connectivity index is 1.96. The average Bonchev–Trinajstić information content (AvgIpc) is 2.90. The van der Waals surface area contributed by atoms with Crippen LogP contribution in [0.25, 0.3) is 0 Å². The van der Waals surface area contributed by atoms with Crippen LogP contribution in [-0.4, -0.2) is 20.1 Å². The summed E-state index contributed by atoms with van der Waals surface area (Å²) in [5.41, 5.74) is 9.13. The number of carbonyl (C=O) groups excluding carboxylic acids is 1. The van der Waals surface area contributed by atoms with E-state index in [0.717, 1.165) is 22.4 Å². The highest BCUT2D eigenvalue weighted by atomic mass is 16.5. The van der Waals surface area contributed by atoms with E-state index in [0.29, 0.717) is 24.6 Å². The molecule has 0 aromatic heterocycles. The minimum Gasteiger partial charge on any atom is -0.493 e. The van der Waals surface area contributed by atoms with Gasteiger partial charge in [-0.05, 0) is 29.3 Å². The number of hydrogen-bond donors (Lipinski definition) is 1. The summed E-state index contributed by atoms with van der Waals surface area (Å²) in [4.78, 5) is 14.4. The molecule has 2 aromatic rings. The second-order valence-corrected chi connectivity index (χ2v) is 5.13. The molecule has 22 heavy (non-hydrogen) atoms. The van der Waals surface area contributed by atoms with Crippen molar-refractivity contribution in [1.82, 2.24) is 0 Å². The second-order valence-electron chi connectivity index (χ2n) is 5.13. The van der Waals surface area contributed by atoms with Crippen LogP contribution in [-0.2, 0) is 13.1 Å². The van der Waals surface area contributed by atoms with E-state index in [1.165, 1.54) is 0 Å². The normalized spacial score (nSPS) is 13.2. The fraction of sp³-hybridized carbons (Fsp3) is 0.235. The van der Waals surface area contributed by atoms with Gasteiger partial charge in [0.2, 0.25) is 0 Å². The maximum absolute atomic E-state index is 12.6. The number of nitrogens with two attached hydrogens (primary N) is 1. The van der Waals surface area contributed by atoms with E-state index < -0.39 is 0 Å². The summed E-state index contributed by atoms with van der Waals surface area (Å²) in [5, 5.41) is 0. The number of ether oxygens (including phenoxy) is 2. The third-order valence-electron chi connectivity index (χ3n) is 3.89. The Kier molecular flexibility index (Phi) is 3.73. The van der Waals surface area contributed by atoms with Crippen LogP contribution in [0.4, 0.5) is 5.69 Å². The van der Waals surface area contributed by atoms with Gasteiger partial charge >= 0.3 is 0 Å². The molecule has 0 spiro atoms. The van der Waals surface area contributed by atoms with Crippen molar-refractivity contribution in [2.45, 2.75) is 13.1 Å². The van der Waals surface area contributed by atoms with Crippen molar-refractivity contribution in [3.05, 3.63) is 53.1 Å². The summed E-state index contributed by atoms with van der Waals surface area (Å²) >= 11 is 0. The van der Waals surface area contributed by atoms with Crippen molar-refractivity contribution in [3.8, 4) is 11.5 Å². The van der Waals surface area contributed by atoms with E-state index in [1.807, 2.05) is 30.3 Å². The van der Waals surface area contributed by atoms with Gasteiger partial charge in [-0.25, -0.2) is 0 Å². The summed E-state index contributed by atoms with van der Waals surface area (Å²) < 4.78 is 10.5. The molecule has 5 heteroatoms. The number of fused-ring (bicyclic) bond motifs is 1. The van der Waals surface area contributed by atoms with Gasteiger partial charge < -0.3 is 20.1 Å². The highest BCUT2D eigenvalue weighted by molar-refractivity contribution is 6.10. The third kappa shape index (κ3) is 2.29. The Morgan fingerprint density at radius 1 is 1.09 bits per heavy atom. The van der Waals surface area contributed by atoms with Gasteiger partial charge in [-0.15, -0.1) is 0 Å². The lowest BCUT2D eigenvalue weighted by Crippen LogP contribution is -2.23. The van der Waals surface area contributed by atoms with E-state index in [-0.39, 0.29) is 5.91 Å². The van der Waals surface area contributed by atoms with E-state index in [1.54, 1.807) is 25.2 Å². The van der Waals surface area contributed by atoms with Crippen LogP contribution in [0.1, 0.15) is 21.5 Å². The molecule has 0 atom stereocenters. The minimum atomic E-state index is -0.0162. The van der Waals surface area contributed by atoms with Gasteiger partial charge in [-0.2, -0.15) is 0 Å². The van der Waals surface area contributed by atoms with Gasteiger partial charge in [-0.3, -0.25) is 4.79 Å². The Bertz CT molecular complexity index is 728. The van der Waals surface area contributed by atoms with E-state index >= 15 is 0 Å². The molecule has 2 aromatic carbocycles. The van der Waals surface area contributed by atoms with Crippen molar-refractivity contribution in [2.75, 3.05) is 19.1 Å². The van der Waals surface area contributed by atoms with Crippen LogP contribution < -0.4 is 20.1 Å². The number of methoxy groups -OCH3 is 2. The SMILES string of the molecule is COc1ccc(N2Cc3ccc(CN)cc3C2=O)cc1OC. The molecule has 0 bridgehead atoms. The first-order chi connectivity index (χ1) is 10.7. The molecule has 2 N–H and O–H groups in total. The van der Waals surface area contributed by atoms with Crippen molar-refractivity contribution in [3.63, 3.8) is 0 Å². The van der Waals surface area contributed by atoms with Crippen molar-refractivity contribution >= 4 is 11.6 Å². The lowest BCUT2D eigenvalue weighted by Gasteiger charge is -2.17. The number of nitrogens with zero attached hydrogens (tertiary/aromatic N) is 1. The number of benzene rings is 2. The molecule has 5 nitrogen and oxygen atoms in total. The van der Waals surface area contributed by atoms with E-state index in [2.05, 4.69) is 0 Å². The molecule has 0 unspecified atom stereocenters. The zero-order valence-electron chi connectivity index (χ0n) is 12.6. The summed E-state index contributed by atoms with van der Waals surface area (Å²) in [6.45, 7) is 0.978. The van der Waals surface area contributed by atoms with Gasteiger partial charge in [0.05, 0.1) is 20.8 Å². The smallest absolute Gasteiger partial charge is 0.258 e. The van der Waals surface area contributed by atoms with Crippen LogP contribution in [0.15, 0.2) is 36.4 Å². The number of anilines is 1. The van der Waals surface area contributed by atoms with E-state index in [9.17, 15) is 4.79 Å². The molecule has 0 fully saturated rings. The monoisotopic (exact) mass is 298 g/mol. The summed E-state index contributed by atoms with van der Waals surface area (Å²) in [7, 11) is 3.17. The fourth-order valence-corrected chi connectivity index (χ4v) is 2.68. The summed E-state index contributed by atoms with van der Waals surface area (Å²) in [6.07, 6.45) is 0. The van der Waals surface area contributed by atoms with Gasteiger partial charge in [0.15, 0.2) is 11.5 Å². The lowest BCUT2D eigenvalue weighted by atomic mass is 10.1. The Morgan fingerprint density at radius 3 is 2.55 bits per heavy atom. The zero-order chi connectivity index (χ0) is 15.7. The highest BCUT2D eigenvalue weighted by Crippen LogP contribution is 2.35. The molecule has 0 saturated carbocycles. The quantitative estimate of drug-likeness (QED) is 0.941. The topological polar surface area (TPSA) is 64.8 Å².